The molecular formula is C11H14N2O2S. The van der Waals surface area contributed by atoms with Crippen LogP contribution >= 0.6 is 11.8 Å². The highest BCUT2D eigenvalue weighted by Gasteiger charge is 2.26. The van der Waals surface area contributed by atoms with Gasteiger partial charge in [0.1, 0.15) is 6.04 Å². The van der Waals surface area contributed by atoms with Gasteiger partial charge in [-0.15, -0.1) is 11.8 Å². The molecule has 1 unspecified atom stereocenters. The Morgan fingerprint density at radius 1 is 1.50 bits per heavy atom. The SMILES string of the molecule is NC1C(=O)Nc2cc(SCCCO)ccc21. The van der Waals surface area contributed by atoms with Crippen molar-refractivity contribution in [2.45, 2.75) is 17.4 Å². The Morgan fingerprint density at radius 2 is 2.31 bits per heavy atom. The van der Waals surface area contributed by atoms with Crippen molar-refractivity contribution in [3.63, 3.8) is 0 Å². The van der Waals surface area contributed by atoms with Crippen LogP contribution in [0.1, 0.15) is 18.0 Å². The minimum atomic E-state index is -0.536. The number of hydrogen-bond acceptors (Lipinski definition) is 4. The highest BCUT2D eigenvalue weighted by Crippen LogP contribution is 2.33. The van der Waals surface area contributed by atoms with E-state index in [0.29, 0.717) is 0 Å². The van der Waals surface area contributed by atoms with Gasteiger partial charge < -0.3 is 16.2 Å². The zero-order valence-electron chi connectivity index (χ0n) is 8.77. The van der Waals surface area contributed by atoms with Crippen molar-refractivity contribution in [2.75, 3.05) is 17.7 Å². The lowest BCUT2D eigenvalue weighted by Crippen LogP contribution is -2.19. The van der Waals surface area contributed by atoms with Gasteiger partial charge in [0.15, 0.2) is 0 Å². The first-order valence-corrected chi connectivity index (χ1v) is 6.15. The molecule has 0 saturated carbocycles. The molecule has 2 rings (SSSR count). The van der Waals surface area contributed by atoms with E-state index in [9.17, 15) is 4.79 Å². The van der Waals surface area contributed by atoms with E-state index in [4.69, 9.17) is 10.8 Å². The summed E-state index contributed by atoms with van der Waals surface area (Å²) in [4.78, 5) is 12.4. The van der Waals surface area contributed by atoms with Crippen LogP contribution < -0.4 is 11.1 Å². The van der Waals surface area contributed by atoms with Crippen LogP contribution in [0.15, 0.2) is 23.1 Å². The molecule has 1 aromatic rings. The molecule has 5 heteroatoms. The van der Waals surface area contributed by atoms with E-state index in [-0.39, 0.29) is 12.5 Å². The molecule has 1 aliphatic rings. The van der Waals surface area contributed by atoms with Gasteiger partial charge in [0.2, 0.25) is 5.91 Å². The summed E-state index contributed by atoms with van der Waals surface area (Å²) in [6, 6.07) is 5.24. The molecular weight excluding hydrogens is 224 g/mol. The van der Waals surface area contributed by atoms with E-state index >= 15 is 0 Å². The first-order valence-electron chi connectivity index (χ1n) is 5.16. The van der Waals surface area contributed by atoms with Crippen LogP contribution in [0.2, 0.25) is 0 Å². The lowest BCUT2D eigenvalue weighted by atomic mass is 10.1. The molecule has 1 aromatic carbocycles. The minimum Gasteiger partial charge on any atom is -0.396 e. The number of amides is 1. The molecule has 1 aliphatic heterocycles. The molecule has 0 aliphatic carbocycles. The molecule has 0 aromatic heterocycles. The number of aliphatic hydroxyl groups excluding tert-OH is 1. The van der Waals surface area contributed by atoms with Crippen LogP contribution in [0, 0.1) is 0 Å². The fourth-order valence-electron chi connectivity index (χ4n) is 1.61. The van der Waals surface area contributed by atoms with Gasteiger partial charge in [-0.2, -0.15) is 0 Å². The third kappa shape index (κ3) is 2.21. The maximum Gasteiger partial charge on any atom is 0.245 e. The quantitative estimate of drug-likeness (QED) is 0.542. The number of hydrogen-bond donors (Lipinski definition) is 3. The van der Waals surface area contributed by atoms with Crippen LogP contribution in [0.4, 0.5) is 5.69 Å². The molecule has 4 nitrogen and oxygen atoms in total. The monoisotopic (exact) mass is 238 g/mol. The second-order valence-corrected chi connectivity index (χ2v) is 4.81. The fourth-order valence-corrected chi connectivity index (χ4v) is 2.49. The normalized spacial score (nSPS) is 18.4. The maximum atomic E-state index is 11.3. The number of nitrogens with one attached hydrogen (secondary N) is 1. The van der Waals surface area contributed by atoms with E-state index in [2.05, 4.69) is 5.32 Å². The molecule has 0 saturated heterocycles. The number of rotatable bonds is 4. The van der Waals surface area contributed by atoms with E-state index in [1.165, 1.54) is 0 Å². The topological polar surface area (TPSA) is 75.4 Å². The van der Waals surface area contributed by atoms with E-state index in [1.54, 1.807) is 11.8 Å². The van der Waals surface area contributed by atoms with Gasteiger partial charge in [-0.1, -0.05) is 6.07 Å². The zero-order chi connectivity index (χ0) is 11.5. The van der Waals surface area contributed by atoms with Gasteiger partial charge >= 0.3 is 0 Å². The first kappa shape index (κ1) is 11.4. The maximum absolute atomic E-state index is 11.3. The van der Waals surface area contributed by atoms with Crippen molar-refractivity contribution in [2.24, 2.45) is 5.73 Å². The van der Waals surface area contributed by atoms with Crippen LogP contribution in [0.5, 0.6) is 0 Å². The zero-order valence-corrected chi connectivity index (χ0v) is 9.59. The predicted octanol–water partition coefficient (Wildman–Crippen LogP) is 1.11. The summed E-state index contributed by atoms with van der Waals surface area (Å²) in [5, 5.41) is 11.4. The molecule has 4 N–H and O–H groups in total. The third-order valence-electron chi connectivity index (χ3n) is 2.47. The molecule has 86 valence electrons. The highest BCUT2D eigenvalue weighted by atomic mass is 32.2. The Labute approximate surface area is 98.2 Å². The Kier molecular flexibility index (Phi) is 3.48. The number of fused-ring (bicyclic) bond motifs is 1. The fraction of sp³-hybridized carbons (Fsp3) is 0.364. The molecule has 16 heavy (non-hydrogen) atoms. The number of benzene rings is 1. The number of aliphatic hydroxyl groups is 1. The first-order chi connectivity index (χ1) is 7.72. The number of nitrogens with two attached hydrogens (primary N) is 1. The van der Waals surface area contributed by atoms with Gasteiger partial charge in [-0.05, 0) is 18.6 Å². The summed E-state index contributed by atoms with van der Waals surface area (Å²) in [7, 11) is 0. The predicted molar refractivity (Wildman–Crippen MR) is 64.4 cm³/mol. The van der Waals surface area contributed by atoms with Gasteiger partial charge in [-0.25, -0.2) is 0 Å². The molecule has 0 radical (unpaired) electrons. The highest BCUT2D eigenvalue weighted by molar-refractivity contribution is 7.99. The van der Waals surface area contributed by atoms with Gasteiger partial charge in [0.05, 0.1) is 0 Å². The van der Waals surface area contributed by atoms with Crippen LogP contribution in [-0.4, -0.2) is 23.4 Å². The number of thioether (sulfide) groups is 1. The van der Waals surface area contributed by atoms with Crippen LogP contribution in [0.25, 0.3) is 0 Å². The summed E-state index contributed by atoms with van der Waals surface area (Å²) in [5.74, 6) is 0.724. The van der Waals surface area contributed by atoms with Crippen LogP contribution in [-0.2, 0) is 4.79 Å². The lowest BCUT2D eigenvalue weighted by molar-refractivity contribution is -0.116. The summed E-state index contributed by atoms with van der Waals surface area (Å²) in [6.45, 7) is 0.208. The molecule has 0 spiro atoms. The molecule has 1 amide bonds. The van der Waals surface area contributed by atoms with Crippen molar-refractivity contribution in [3.8, 4) is 0 Å². The van der Waals surface area contributed by atoms with Gasteiger partial charge in [0, 0.05) is 28.5 Å². The van der Waals surface area contributed by atoms with E-state index in [1.807, 2.05) is 18.2 Å². The van der Waals surface area contributed by atoms with Crippen molar-refractivity contribution >= 4 is 23.4 Å². The van der Waals surface area contributed by atoms with Gasteiger partial charge in [-0.3, -0.25) is 4.79 Å². The second-order valence-electron chi connectivity index (χ2n) is 3.64. The number of carbonyl (C=O) groups excluding carboxylic acids is 1. The molecule has 1 heterocycles. The van der Waals surface area contributed by atoms with Crippen molar-refractivity contribution in [1.29, 1.82) is 0 Å². The second kappa shape index (κ2) is 4.86. The summed E-state index contributed by atoms with van der Waals surface area (Å²) < 4.78 is 0. The number of carbonyl (C=O) groups is 1. The van der Waals surface area contributed by atoms with Crippen molar-refractivity contribution in [1.82, 2.24) is 0 Å². The molecule has 1 atom stereocenters. The Balaban J connectivity index is 2.09. The van der Waals surface area contributed by atoms with Crippen LogP contribution in [0.3, 0.4) is 0 Å². The van der Waals surface area contributed by atoms with E-state index in [0.717, 1.165) is 28.3 Å². The van der Waals surface area contributed by atoms with Crippen molar-refractivity contribution in [3.05, 3.63) is 23.8 Å². The summed E-state index contributed by atoms with van der Waals surface area (Å²) in [5.41, 5.74) is 7.38. The third-order valence-corrected chi connectivity index (χ3v) is 3.55. The lowest BCUT2D eigenvalue weighted by Gasteiger charge is -2.04. The number of anilines is 1. The average Bonchev–Trinajstić information content (AvgIpc) is 2.55. The summed E-state index contributed by atoms with van der Waals surface area (Å²) >= 11 is 1.66. The molecule has 0 fully saturated rings. The van der Waals surface area contributed by atoms with E-state index < -0.39 is 6.04 Å². The Bertz CT molecular complexity index is 409. The summed E-state index contributed by atoms with van der Waals surface area (Å²) in [6.07, 6.45) is 0.771. The smallest absolute Gasteiger partial charge is 0.245 e. The minimum absolute atomic E-state index is 0.146. The Hall–Kier alpha value is -1.04. The van der Waals surface area contributed by atoms with Crippen molar-refractivity contribution < 1.29 is 9.90 Å². The average molecular weight is 238 g/mol. The van der Waals surface area contributed by atoms with Gasteiger partial charge in [0.25, 0.3) is 0 Å². The largest absolute Gasteiger partial charge is 0.396 e. The standard InChI is InChI=1S/C11H14N2O2S/c12-10-8-3-2-7(16-5-1-4-14)6-9(8)13-11(10)15/h2-3,6,10,14H,1,4-5,12H2,(H,13,15). The molecule has 0 bridgehead atoms. The Morgan fingerprint density at radius 3 is 3.06 bits per heavy atom.